The molecule has 84 valence electrons. The van der Waals surface area contributed by atoms with Crippen LogP contribution in [0, 0.1) is 12.3 Å². The number of hydrogen-bond acceptors (Lipinski definition) is 2. The molecule has 2 heteroatoms. The molecule has 1 aromatic rings. The Kier molecular flexibility index (Phi) is 5.01. The van der Waals surface area contributed by atoms with Gasteiger partial charge in [-0.2, -0.15) is 0 Å². The fourth-order valence-corrected chi connectivity index (χ4v) is 1.09. The van der Waals surface area contributed by atoms with Gasteiger partial charge in [0.25, 0.3) is 0 Å². The van der Waals surface area contributed by atoms with Crippen LogP contribution in [0.4, 0.5) is 0 Å². The predicted octanol–water partition coefficient (Wildman–Crippen LogP) is 3.14. The zero-order valence-electron chi connectivity index (χ0n) is 9.69. The van der Waals surface area contributed by atoms with Crippen molar-refractivity contribution in [2.24, 2.45) is 0 Å². The second-order valence-electron chi connectivity index (χ2n) is 3.32. The third-order valence-corrected chi connectivity index (χ3v) is 2.12. The van der Waals surface area contributed by atoms with Gasteiger partial charge >= 0.3 is 0 Å². The topological polar surface area (TPSA) is 18.5 Å². The molecular weight excluding hydrogens is 200 g/mol. The SMILES string of the molecule is C#CCOc1ccc(CO/C(C)=C/C)cc1. The summed E-state index contributed by atoms with van der Waals surface area (Å²) in [7, 11) is 0. The lowest BCUT2D eigenvalue weighted by atomic mass is 10.2. The van der Waals surface area contributed by atoms with E-state index in [1.165, 1.54) is 0 Å². The van der Waals surface area contributed by atoms with Gasteiger partial charge in [-0.05, 0) is 37.6 Å². The standard InChI is InChI=1S/C14H16O2/c1-4-10-15-14-8-6-13(7-9-14)11-16-12(3)5-2/h1,5-9H,10-11H2,2-3H3/b12-5+. The molecule has 0 atom stereocenters. The summed E-state index contributed by atoms with van der Waals surface area (Å²) in [6.45, 7) is 4.76. The molecule has 0 radical (unpaired) electrons. The van der Waals surface area contributed by atoms with E-state index in [-0.39, 0.29) is 0 Å². The molecule has 0 N–H and O–H groups in total. The van der Waals surface area contributed by atoms with Crippen LogP contribution < -0.4 is 4.74 Å². The summed E-state index contributed by atoms with van der Waals surface area (Å²) in [6.07, 6.45) is 7.04. The zero-order valence-corrected chi connectivity index (χ0v) is 9.69. The van der Waals surface area contributed by atoms with E-state index in [9.17, 15) is 0 Å². The van der Waals surface area contributed by atoms with Crippen LogP contribution in [0.1, 0.15) is 19.4 Å². The first-order valence-electron chi connectivity index (χ1n) is 5.17. The fraction of sp³-hybridized carbons (Fsp3) is 0.286. The van der Waals surface area contributed by atoms with Crippen molar-refractivity contribution in [1.82, 2.24) is 0 Å². The van der Waals surface area contributed by atoms with Gasteiger partial charge in [0.1, 0.15) is 19.0 Å². The van der Waals surface area contributed by atoms with Crippen molar-refractivity contribution in [3.63, 3.8) is 0 Å². The first kappa shape index (κ1) is 12.2. The highest BCUT2D eigenvalue weighted by Crippen LogP contribution is 2.13. The molecule has 0 heterocycles. The summed E-state index contributed by atoms with van der Waals surface area (Å²) in [5.41, 5.74) is 1.11. The number of ether oxygens (including phenoxy) is 2. The summed E-state index contributed by atoms with van der Waals surface area (Å²) < 4.78 is 10.8. The van der Waals surface area contributed by atoms with E-state index in [0.29, 0.717) is 13.2 Å². The summed E-state index contributed by atoms with van der Waals surface area (Å²) in [6, 6.07) is 7.71. The molecule has 1 rings (SSSR count). The molecule has 0 saturated heterocycles. The quantitative estimate of drug-likeness (QED) is 0.556. The molecule has 0 amide bonds. The average Bonchev–Trinajstić information content (AvgIpc) is 2.34. The van der Waals surface area contributed by atoms with Gasteiger partial charge in [0.05, 0.1) is 5.76 Å². The van der Waals surface area contributed by atoms with E-state index >= 15 is 0 Å². The van der Waals surface area contributed by atoms with Crippen molar-refractivity contribution in [2.75, 3.05) is 6.61 Å². The maximum Gasteiger partial charge on any atom is 0.148 e. The number of benzene rings is 1. The Morgan fingerprint density at radius 3 is 2.62 bits per heavy atom. The minimum absolute atomic E-state index is 0.299. The molecule has 0 aliphatic heterocycles. The van der Waals surface area contributed by atoms with Crippen LogP contribution in [-0.2, 0) is 11.3 Å². The van der Waals surface area contributed by atoms with Crippen LogP contribution in [0.25, 0.3) is 0 Å². The van der Waals surface area contributed by atoms with Gasteiger partial charge in [0.2, 0.25) is 0 Å². The average molecular weight is 216 g/mol. The Morgan fingerprint density at radius 2 is 2.06 bits per heavy atom. The van der Waals surface area contributed by atoms with Gasteiger partial charge in [-0.15, -0.1) is 6.42 Å². The van der Waals surface area contributed by atoms with Crippen LogP contribution in [0.3, 0.4) is 0 Å². The summed E-state index contributed by atoms with van der Waals surface area (Å²) in [5.74, 6) is 4.13. The third-order valence-electron chi connectivity index (χ3n) is 2.12. The molecule has 0 aliphatic rings. The van der Waals surface area contributed by atoms with Crippen molar-refractivity contribution in [1.29, 1.82) is 0 Å². The largest absolute Gasteiger partial charge is 0.494 e. The molecule has 0 saturated carbocycles. The monoisotopic (exact) mass is 216 g/mol. The zero-order chi connectivity index (χ0) is 11.8. The van der Waals surface area contributed by atoms with Crippen LogP contribution in [0.5, 0.6) is 5.75 Å². The fourth-order valence-electron chi connectivity index (χ4n) is 1.09. The molecule has 0 unspecified atom stereocenters. The van der Waals surface area contributed by atoms with Gasteiger partial charge in [0, 0.05) is 0 Å². The number of allylic oxidation sites excluding steroid dienone is 2. The summed E-state index contributed by atoms with van der Waals surface area (Å²) in [5, 5.41) is 0. The van der Waals surface area contributed by atoms with Crippen LogP contribution in [-0.4, -0.2) is 6.61 Å². The van der Waals surface area contributed by atoms with Crippen molar-refractivity contribution in [3.8, 4) is 18.1 Å². The van der Waals surface area contributed by atoms with Crippen molar-refractivity contribution >= 4 is 0 Å². The Balaban J connectivity index is 2.48. The minimum Gasteiger partial charge on any atom is -0.494 e. The van der Waals surface area contributed by atoms with E-state index in [2.05, 4.69) is 5.92 Å². The molecule has 0 aromatic heterocycles. The van der Waals surface area contributed by atoms with Gasteiger partial charge in [-0.3, -0.25) is 0 Å². The Morgan fingerprint density at radius 1 is 1.38 bits per heavy atom. The van der Waals surface area contributed by atoms with Gasteiger partial charge in [-0.1, -0.05) is 18.1 Å². The number of terminal acetylenes is 1. The highest BCUT2D eigenvalue weighted by Gasteiger charge is 1.96. The summed E-state index contributed by atoms with van der Waals surface area (Å²) >= 11 is 0. The number of hydrogen-bond donors (Lipinski definition) is 0. The molecule has 16 heavy (non-hydrogen) atoms. The maximum absolute atomic E-state index is 5.49. The van der Waals surface area contributed by atoms with Gasteiger partial charge in [-0.25, -0.2) is 0 Å². The smallest absolute Gasteiger partial charge is 0.148 e. The van der Waals surface area contributed by atoms with Gasteiger partial charge < -0.3 is 9.47 Å². The predicted molar refractivity (Wildman–Crippen MR) is 65.0 cm³/mol. The van der Waals surface area contributed by atoms with E-state index in [1.807, 2.05) is 44.2 Å². The highest BCUT2D eigenvalue weighted by molar-refractivity contribution is 5.27. The van der Waals surface area contributed by atoms with E-state index in [0.717, 1.165) is 17.1 Å². The van der Waals surface area contributed by atoms with Gasteiger partial charge in [0.15, 0.2) is 0 Å². The lowest BCUT2D eigenvalue weighted by Gasteiger charge is -2.07. The molecule has 0 aliphatic carbocycles. The molecule has 1 aromatic carbocycles. The van der Waals surface area contributed by atoms with Crippen molar-refractivity contribution in [2.45, 2.75) is 20.5 Å². The molecular formula is C14H16O2. The molecule has 2 nitrogen and oxygen atoms in total. The highest BCUT2D eigenvalue weighted by atomic mass is 16.5. The number of rotatable bonds is 5. The normalized spacial score (nSPS) is 10.7. The van der Waals surface area contributed by atoms with Crippen LogP contribution >= 0.6 is 0 Å². The Hall–Kier alpha value is -1.88. The Labute approximate surface area is 96.9 Å². The first-order chi connectivity index (χ1) is 7.76. The maximum atomic E-state index is 5.49. The lowest BCUT2D eigenvalue weighted by Crippen LogP contribution is -1.94. The third kappa shape index (κ3) is 4.10. The van der Waals surface area contributed by atoms with E-state index in [1.54, 1.807) is 0 Å². The van der Waals surface area contributed by atoms with E-state index < -0.39 is 0 Å². The minimum atomic E-state index is 0.299. The first-order valence-corrected chi connectivity index (χ1v) is 5.17. The molecule has 0 spiro atoms. The van der Waals surface area contributed by atoms with Crippen LogP contribution in [0.15, 0.2) is 36.1 Å². The second kappa shape index (κ2) is 6.58. The van der Waals surface area contributed by atoms with Crippen LogP contribution in [0.2, 0.25) is 0 Å². The van der Waals surface area contributed by atoms with E-state index in [4.69, 9.17) is 15.9 Å². The summed E-state index contributed by atoms with van der Waals surface area (Å²) in [4.78, 5) is 0. The van der Waals surface area contributed by atoms with Crippen molar-refractivity contribution < 1.29 is 9.47 Å². The lowest BCUT2D eigenvalue weighted by molar-refractivity contribution is 0.200. The second-order valence-corrected chi connectivity index (χ2v) is 3.32. The van der Waals surface area contributed by atoms with Crippen molar-refractivity contribution in [3.05, 3.63) is 41.7 Å². The molecule has 0 bridgehead atoms. The molecule has 0 fully saturated rings. The Bertz CT molecular complexity index is 382.